The van der Waals surface area contributed by atoms with Crippen LogP contribution in [0.2, 0.25) is 0 Å². The summed E-state index contributed by atoms with van der Waals surface area (Å²) in [7, 11) is -3.30. The van der Waals surface area contributed by atoms with E-state index in [1.165, 1.54) is 22.3 Å². The van der Waals surface area contributed by atoms with E-state index < -0.39 is 10.0 Å². The number of Topliss-reactive ketones (excluding diaryl/α,β-unsaturated/α-hetero) is 1. The minimum absolute atomic E-state index is 0.0312. The van der Waals surface area contributed by atoms with Gasteiger partial charge in [-0.15, -0.1) is 0 Å². The Morgan fingerprint density at radius 1 is 1.28 bits per heavy atom. The average Bonchev–Trinajstić information content (AvgIpc) is 2.91. The maximum Gasteiger partial charge on any atom is 0.232 e. The van der Waals surface area contributed by atoms with E-state index in [0.717, 1.165) is 41.5 Å². The number of fused-ring (bicyclic) bond motifs is 1. The van der Waals surface area contributed by atoms with Crippen LogP contribution in [0.5, 0.6) is 0 Å². The second kappa shape index (κ2) is 8.52. The molecule has 1 aromatic heterocycles. The van der Waals surface area contributed by atoms with Gasteiger partial charge in [0, 0.05) is 24.3 Å². The highest BCUT2D eigenvalue weighted by Gasteiger charge is 2.25. The van der Waals surface area contributed by atoms with E-state index in [0.29, 0.717) is 29.5 Å². The zero-order chi connectivity index (χ0) is 21.3. The molecule has 6 nitrogen and oxygen atoms in total. The average molecular weight is 436 g/mol. The summed E-state index contributed by atoms with van der Waals surface area (Å²) in [6.07, 6.45) is 2.77. The highest BCUT2D eigenvalue weighted by molar-refractivity contribution is 7.99. The third-order valence-corrected chi connectivity index (χ3v) is 7.34. The SMILES string of the molecule is Cc1nc(SCC(=O)c2ccc3c(c2)CCCN3S(C)(=O)=O)n(CC(C)C)c1C. The van der Waals surface area contributed by atoms with Gasteiger partial charge in [0.2, 0.25) is 10.0 Å². The lowest BCUT2D eigenvalue weighted by atomic mass is 9.99. The molecule has 0 bridgehead atoms. The van der Waals surface area contributed by atoms with E-state index in [-0.39, 0.29) is 5.78 Å². The normalized spacial score (nSPS) is 14.3. The molecule has 0 amide bonds. The van der Waals surface area contributed by atoms with Crippen molar-refractivity contribution in [3.63, 3.8) is 0 Å². The van der Waals surface area contributed by atoms with E-state index in [4.69, 9.17) is 0 Å². The van der Waals surface area contributed by atoms with Crippen LogP contribution in [0.25, 0.3) is 0 Å². The number of aryl methyl sites for hydroxylation is 2. The minimum Gasteiger partial charge on any atom is -0.323 e. The molecule has 2 heterocycles. The van der Waals surface area contributed by atoms with Gasteiger partial charge in [0.05, 0.1) is 23.4 Å². The summed E-state index contributed by atoms with van der Waals surface area (Å²) in [4.78, 5) is 17.5. The Hall–Kier alpha value is -1.80. The van der Waals surface area contributed by atoms with E-state index >= 15 is 0 Å². The number of aromatic nitrogens is 2. The second-order valence-corrected chi connectivity index (χ2v) is 10.9. The number of rotatable bonds is 7. The number of carbonyl (C=O) groups is 1. The molecule has 29 heavy (non-hydrogen) atoms. The lowest BCUT2D eigenvalue weighted by Crippen LogP contribution is -2.34. The molecule has 2 aromatic rings. The summed E-state index contributed by atoms with van der Waals surface area (Å²) >= 11 is 1.47. The molecular weight excluding hydrogens is 406 g/mol. The van der Waals surface area contributed by atoms with E-state index in [1.807, 2.05) is 13.0 Å². The van der Waals surface area contributed by atoms with Crippen molar-refractivity contribution in [3.8, 4) is 0 Å². The Labute approximate surface area is 177 Å². The molecule has 1 aliphatic rings. The van der Waals surface area contributed by atoms with Crippen LogP contribution in [-0.4, -0.2) is 42.3 Å². The molecular formula is C21H29N3O3S2. The molecule has 0 aliphatic carbocycles. The first-order valence-corrected chi connectivity index (χ1v) is 12.7. The van der Waals surface area contributed by atoms with Crippen molar-refractivity contribution in [2.75, 3.05) is 22.9 Å². The highest BCUT2D eigenvalue weighted by Crippen LogP contribution is 2.31. The maximum absolute atomic E-state index is 12.8. The quantitative estimate of drug-likeness (QED) is 0.488. The highest BCUT2D eigenvalue weighted by atomic mass is 32.2. The fraction of sp³-hybridized carbons (Fsp3) is 0.524. The first kappa shape index (κ1) is 21.9. The van der Waals surface area contributed by atoms with Gasteiger partial charge >= 0.3 is 0 Å². The topological polar surface area (TPSA) is 72.3 Å². The van der Waals surface area contributed by atoms with Crippen LogP contribution in [0.3, 0.4) is 0 Å². The molecule has 8 heteroatoms. The first-order valence-electron chi connectivity index (χ1n) is 9.88. The van der Waals surface area contributed by atoms with Crippen molar-refractivity contribution in [2.24, 2.45) is 5.92 Å². The Morgan fingerprint density at radius 3 is 2.66 bits per heavy atom. The number of benzene rings is 1. The molecule has 0 unspecified atom stereocenters. The molecule has 0 saturated heterocycles. The van der Waals surface area contributed by atoms with Crippen LogP contribution in [0.1, 0.15) is 47.6 Å². The maximum atomic E-state index is 12.8. The number of ketones is 1. The van der Waals surface area contributed by atoms with Gasteiger partial charge in [-0.1, -0.05) is 25.6 Å². The Balaban J connectivity index is 1.77. The molecule has 0 fully saturated rings. The number of anilines is 1. The van der Waals surface area contributed by atoms with Crippen LogP contribution >= 0.6 is 11.8 Å². The number of hydrogen-bond donors (Lipinski definition) is 0. The third-order valence-electron chi connectivity index (χ3n) is 5.18. The Kier molecular flexibility index (Phi) is 6.43. The lowest BCUT2D eigenvalue weighted by molar-refractivity contribution is 0.102. The fourth-order valence-electron chi connectivity index (χ4n) is 3.61. The van der Waals surface area contributed by atoms with E-state index in [1.54, 1.807) is 12.1 Å². The summed E-state index contributed by atoms with van der Waals surface area (Å²) in [6.45, 7) is 9.76. The third kappa shape index (κ3) is 4.86. The number of carbonyl (C=O) groups excluding carboxylic acids is 1. The van der Waals surface area contributed by atoms with Gasteiger partial charge < -0.3 is 4.57 Å². The molecule has 0 N–H and O–H groups in total. The largest absolute Gasteiger partial charge is 0.323 e. The summed E-state index contributed by atoms with van der Waals surface area (Å²) < 4.78 is 27.6. The Morgan fingerprint density at radius 2 is 2.00 bits per heavy atom. The molecule has 0 saturated carbocycles. The number of nitrogens with zero attached hydrogens (tertiary/aromatic N) is 3. The van der Waals surface area contributed by atoms with Crippen molar-refractivity contribution in [3.05, 3.63) is 40.7 Å². The van der Waals surface area contributed by atoms with E-state index in [2.05, 4.69) is 30.3 Å². The van der Waals surface area contributed by atoms with Gasteiger partial charge in [-0.2, -0.15) is 0 Å². The van der Waals surface area contributed by atoms with Crippen LogP contribution in [0.15, 0.2) is 23.4 Å². The summed E-state index contributed by atoms with van der Waals surface area (Å²) in [5, 5.41) is 0.878. The number of sulfonamides is 1. The molecule has 1 aromatic carbocycles. The Bertz CT molecular complexity index is 1030. The van der Waals surface area contributed by atoms with Gasteiger partial charge in [-0.05, 0) is 56.4 Å². The summed E-state index contributed by atoms with van der Waals surface area (Å²) in [5.41, 5.74) is 4.38. The predicted molar refractivity (Wildman–Crippen MR) is 119 cm³/mol. The van der Waals surface area contributed by atoms with Gasteiger partial charge in [0.25, 0.3) is 0 Å². The predicted octanol–water partition coefficient (Wildman–Crippen LogP) is 3.84. The monoisotopic (exact) mass is 435 g/mol. The van der Waals surface area contributed by atoms with Crippen molar-refractivity contribution in [1.82, 2.24) is 9.55 Å². The zero-order valence-corrected chi connectivity index (χ0v) is 19.4. The van der Waals surface area contributed by atoms with Crippen LogP contribution in [-0.2, 0) is 23.0 Å². The van der Waals surface area contributed by atoms with Crippen molar-refractivity contribution in [1.29, 1.82) is 0 Å². The van der Waals surface area contributed by atoms with Crippen molar-refractivity contribution in [2.45, 2.75) is 52.2 Å². The fourth-order valence-corrected chi connectivity index (χ4v) is 5.60. The standard InChI is InChI=1S/C21H29N3O3S2/c1-14(2)12-23-16(4)15(3)22-21(23)28-13-20(25)18-8-9-19-17(11-18)7-6-10-24(19)29(5,26)27/h8-9,11,14H,6-7,10,12-13H2,1-5H3. The van der Waals surface area contributed by atoms with Crippen molar-refractivity contribution >= 4 is 33.3 Å². The zero-order valence-electron chi connectivity index (χ0n) is 17.7. The van der Waals surface area contributed by atoms with Crippen LogP contribution in [0, 0.1) is 19.8 Å². The number of imidazole rings is 1. The summed E-state index contributed by atoms with van der Waals surface area (Å²) in [6, 6.07) is 5.36. The van der Waals surface area contributed by atoms with Gasteiger partial charge in [-0.3, -0.25) is 9.10 Å². The second-order valence-electron chi connectivity index (χ2n) is 8.06. The minimum atomic E-state index is -3.30. The summed E-state index contributed by atoms with van der Waals surface area (Å²) in [5.74, 6) is 0.835. The van der Waals surface area contributed by atoms with Crippen LogP contribution in [0.4, 0.5) is 5.69 Å². The van der Waals surface area contributed by atoms with Gasteiger partial charge in [-0.25, -0.2) is 13.4 Å². The lowest BCUT2D eigenvalue weighted by Gasteiger charge is -2.29. The van der Waals surface area contributed by atoms with Gasteiger partial charge in [0.1, 0.15) is 0 Å². The first-order chi connectivity index (χ1) is 13.6. The number of thioether (sulfide) groups is 1. The molecule has 158 valence electrons. The van der Waals surface area contributed by atoms with Crippen LogP contribution < -0.4 is 4.31 Å². The van der Waals surface area contributed by atoms with E-state index in [9.17, 15) is 13.2 Å². The molecule has 0 radical (unpaired) electrons. The molecule has 0 spiro atoms. The smallest absolute Gasteiger partial charge is 0.232 e. The van der Waals surface area contributed by atoms with Gasteiger partial charge in [0.15, 0.2) is 10.9 Å². The molecule has 1 aliphatic heterocycles. The molecule has 3 rings (SSSR count). The number of hydrogen-bond acceptors (Lipinski definition) is 5. The molecule has 0 atom stereocenters. The van der Waals surface area contributed by atoms with Crippen molar-refractivity contribution < 1.29 is 13.2 Å².